The van der Waals surface area contributed by atoms with Crippen LogP contribution < -0.4 is 10.2 Å². The van der Waals surface area contributed by atoms with Crippen LogP contribution in [0, 0.1) is 3.77 Å². The summed E-state index contributed by atoms with van der Waals surface area (Å²) in [4.78, 5) is 11.8. The molecule has 7 heteroatoms. The van der Waals surface area contributed by atoms with Crippen molar-refractivity contribution in [1.82, 2.24) is 5.43 Å². The van der Waals surface area contributed by atoms with Gasteiger partial charge in [-0.2, -0.15) is 5.10 Å². The maximum absolute atomic E-state index is 11.8. The number of rotatable bonds is 5. The van der Waals surface area contributed by atoms with Gasteiger partial charge in [-0.3, -0.25) is 4.79 Å². The van der Waals surface area contributed by atoms with E-state index in [1.54, 1.807) is 6.07 Å². The molecular formula is C17H12BrIN2O3. The second kappa shape index (κ2) is 7.80. The van der Waals surface area contributed by atoms with E-state index in [1.165, 1.54) is 6.21 Å². The van der Waals surface area contributed by atoms with Crippen LogP contribution in [0.15, 0.2) is 62.5 Å². The number of fused-ring (bicyclic) bond motifs is 1. The molecule has 3 rings (SSSR count). The average Bonchev–Trinajstić information content (AvgIpc) is 2.91. The largest absolute Gasteiger partial charge is 0.483 e. The lowest BCUT2D eigenvalue weighted by Crippen LogP contribution is -2.24. The molecule has 0 aliphatic heterocycles. The van der Waals surface area contributed by atoms with Crippen molar-refractivity contribution in [2.45, 2.75) is 0 Å². The van der Waals surface area contributed by atoms with E-state index >= 15 is 0 Å². The first kappa shape index (κ1) is 17.0. The van der Waals surface area contributed by atoms with Crippen molar-refractivity contribution in [3.63, 3.8) is 0 Å². The third-order valence-electron chi connectivity index (χ3n) is 3.15. The Kier molecular flexibility index (Phi) is 5.52. The van der Waals surface area contributed by atoms with E-state index < -0.39 is 0 Å². The van der Waals surface area contributed by atoms with Gasteiger partial charge in [0, 0.05) is 34.0 Å². The predicted octanol–water partition coefficient (Wildman–Crippen LogP) is 4.33. The smallest absolute Gasteiger partial charge is 0.277 e. The minimum atomic E-state index is -0.348. The van der Waals surface area contributed by atoms with Crippen molar-refractivity contribution in [2.24, 2.45) is 5.10 Å². The predicted molar refractivity (Wildman–Crippen MR) is 104 cm³/mol. The Labute approximate surface area is 160 Å². The summed E-state index contributed by atoms with van der Waals surface area (Å²) >= 11 is 5.39. The number of ether oxygens (including phenoxy) is 1. The molecule has 0 spiro atoms. The lowest BCUT2D eigenvalue weighted by Gasteiger charge is -2.08. The third-order valence-corrected chi connectivity index (χ3v) is 5.29. The van der Waals surface area contributed by atoms with Crippen molar-refractivity contribution in [3.8, 4) is 5.75 Å². The Morgan fingerprint density at radius 2 is 2.08 bits per heavy atom. The number of hydrogen-bond acceptors (Lipinski definition) is 4. The highest BCUT2D eigenvalue weighted by Gasteiger charge is 2.06. The van der Waals surface area contributed by atoms with Crippen LogP contribution in [0.2, 0.25) is 0 Å². The summed E-state index contributed by atoms with van der Waals surface area (Å²) in [6, 6.07) is 15.3. The number of hydrogen-bond donors (Lipinski definition) is 1. The second-order valence-corrected chi connectivity index (χ2v) is 6.66. The summed E-state index contributed by atoms with van der Waals surface area (Å²) in [7, 11) is 0. The zero-order valence-corrected chi connectivity index (χ0v) is 16.1. The number of nitrogens with one attached hydrogen (secondary N) is 1. The standard InChI is InChI=1S/C17H12BrIN2O3/c18-14-8-12(24-17(14)19)9-20-21-16(22)10-23-15-7-3-5-11-4-1-2-6-13(11)15/h1-9H,10H2,(H,21,22)/b20-9+. The van der Waals surface area contributed by atoms with Gasteiger partial charge in [0.2, 0.25) is 0 Å². The minimum absolute atomic E-state index is 0.120. The number of carbonyl (C=O) groups excluding carboxylic acids is 1. The summed E-state index contributed by atoms with van der Waals surface area (Å²) in [6.45, 7) is -0.120. The average molecular weight is 499 g/mol. The fourth-order valence-electron chi connectivity index (χ4n) is 2.09. The van der Waals surface area contributed by atoms with Crippen LogP contribution in [-0.2, 0) is 4.79 Å². The quantitative estimate of drug-likeness (QED) is 0.323. The molecule has 3 aromatic rings. The number of hydrazone groups is 1. The van der Waals surface area contributed by atoms with Gasteiger partial charge in [-0.1, -0.05) is 36.4 Å². The number of amides is 1. The zero-order chi connectivity index (χ0) is 16.9. The molecule has 1 N–H and O–H groups in total. The van der Waals surface area contributed by atoms with Gasteiger partial charge >= 0.3 is 0 Å². The molecule has 24 heavy (non-hydrogen) atoms. The van der Waals surface area contributed by atoms with Crippen molar-refractivity contribution in [1.29, 1.82) is 0 Å². The molecule has 0 saturated heterocycles. The van der Waals surface area contributed by atoms with E-state index in [1.807, 2.05) is 42.5 Å². The Hall–Kier alpha value is -1.87. The lowest BCUT2D eigenvalue weighted by molar-refractivity contribution is -0.123. The monoisotopic (exact) mass is 498 g/mol. The summed E-state index contributed by atoms with van der Waals surface area (Å²) in [6.07, 6.45) is 1.43. The first-order valence-corrected chi connectivity index (χ1v) is 8.88. The molecule has 0 aliphatic rings. The Bertz CT molecular complexity index is 883. The molecule has 1 aromatic heterocycles. The van der Waals surface area contributed by atoms with Gasteiger partial charge in [-0.25, -0.2) is 5.43 Å². The van der Waals surface area contributed by atoms with Crippen LogP contribution >= 0.6 is 38.5 Å². The summed E-state index contributed by atoms with van der Waals surface area (Å²) in [5.74, 6) is 0.859. The normalized spacial score (nSPS) is 11.1. The third kappa shape index (κ3) is 4.15. The van der Waals surface area contributed by atoms with Crippen LogP contribution in [-0.4, -0.2) is 18.7 Å². The number of nitrogens with zero attached hydrogens (tertiary/aromatic N) is 1. The molecule has 0 fully saturated rings. The van der Waals surface area contributed by atoms with Gasteiger partial charge in [-0.15, -0.1) is 0 Å². The molecular weight excluding hydrogens is 487 g/mol. The van der Waals surface area contributed by atoms with Gasteiger partial charge in [0.15, 0.2) is 10.4 Å². The van der Waals surface area contributed by atoms with E-state index in [9.17, 15) is 4.79 Å². The molecule has 0 saturated carbocycles. The number of carbonyl (C=O) groups is 1. The van der Waals surface area contributed by atoms with Gasteiger partial charge in [0.05, 0.1) is 10.7 Å². The Balaban J connectivity index is 1.57. The lowest BCUT2D eigenvalue weighted by atomic mass is 10.1. The van der Waals surface area contributed by atoms with Crippen LogP contribution in [0.25, 0.3) is 10.8 Å². The van der Waals surface area contributed by atoms with E-state index in [2.05, 4.69) is 49.0 Å². The molecule has 2 aromatic carbocycles. The molecule has 0 bridgehead atoms. The van der Waals surface area contributed by atoms with Crippen molar-refractivity contribution in [2.75, 3.05) is 6.61 Å². The van der Waals surface area contributed by atoms with Crippen molar-refractivity contribution in [3.05, 3.63) is 62.5 Å². The van der Waals surface area contributed by atoms with Crippen LogP contribution in [0.3, 0.4) is 0 Å². The van der Waals surface area contributed by atoms with E-state index in [-0.39, 0.29) is 12.5 Å². The molecule has 5 nitrogen and oxygen atoms in total. The molecule has 0 aliphatic carbocycles. The molecule has 0 unspecified atom stereocenters. The fraction of sp³-hybridized carbons (Fsp3) is 0.0588. The molecule has 1 heterocycles. The van der Waals surface area contributed by atoms with Crippen LogP contribution in [0.1, 0.15) is 5.76 Å². The van der Waals surface area contributed by atoms with Crippen molar-refractivity contribution < 1.29 is 13.9 Å². The number of benzene rings is 2. The SMILES string of the molecule is O=C(COc1cccc2ccccc12)N/N=C/c1cc(Br)c(I)o1. The second-order valence-electron chi connectivity index (χ2n) is 4.83. The highest BCUT2D eigenvalue weighted by molar-refractivity contribution is 14.1. The van der Waals surface area contributed by atoms with Crippen LogP contribution in [0.4, 0.5) is 0 Å². The Morgan fingerprint density at radius 3 is 2.88 bits per heavy atom. The van der Waals surface area contributed by atoms with Crippen LogP contribution in [0.5, 0.6) is 5.75 Å². The molecule has 1 amide bonds. The highest BCUT2D eigenvalue weighted by Crippen LogP contribution is 2.25. The first-order valence-electron chi connectivity index (χ1n) is 7.01. The van der Waals surface area contributed by atoms with Gasteiger partial charge < -0.3 is 9.15 Å². The minimum Gasteiger partial charge on any atom is -0.483 e. The summed E-state index contributed by atoms with van der Waals surface area (Å²) < 4.78 is 12.5. The van der Waals surface area contributed by atoms with E-state index in [0.29, 0.717) is 11.5 Å². The molecule has 0 atom stereocenters. The highest BCUT2D eigenvalue weighted by atomic mass is 127. The summed E-state index contributed by atoms with van der Waals surface area (Å²) in [5, 5.41) is 5.87. The molecule has 0 radical (unpaired) electrons. The number of halogens is 2. The Morgan fingerprint density at radius 1 is 1.29 bits per heavy atom. The zero-order valence-electron chi connectivity index (χ0n) is 12.3. The van der Waals surface area contributed by atoms with Gasteiger partial charge in [0.1, 0.15) is 11.5 Å². The van der Waals surface area contributed by atoms with Gasteiger partial charge in [-0.05, 0) is 27.4 Å². The van der Waals surface area contributed by atoms with Crippen molar-refractivity contribution >= 4 is 61.4 Å². The molecule has 122 valence electrons. The number of furan rings is 1. The summed E-state index contributed by atoms with van der Waals surface area (Å²) in [5.41, 5.74) is 2.41. The van der Waals surface area contributed by atoms with E-state index in [4.69, 9.17) is 9.15 Å². The topological polar surface area (TPSA) is 63.8 Å². The maximum Gasteiger partial charge on any atom is 0.277 e. The van der Waals surface area contributed by atoms with Gasteiger partial charge in [0.25, 0.3) is 5.91 Å². The van der Waals surface area contributed by atoms with E-state index in [0.717, 1.165) is 19.0 Å². The maximum atomic E-state index is 11.8. The first-order chi connectivity index (χ1) is 11.6. The fourth-order valence-corrected chi connectivity index (χ4v) is 2.81.